The molecule has 56 heavy (non-hydrogen) atoms. The number of nitrogens with zero attached hydrogens (tertiary/aromatic N) is 9. The van der Waals surface area contributed by atoms with E-state index in [1.165, 1.54) is 11.2 Å². The van der Waals surface area contributed by atoms with Crippen LogP contribution in [-0.2, 0) is 18.5 Å². The zero-order valence-corrected chi connectivity index (χ0v) is 33.5. The maximum Gasteiger partial charge on any atom is 0.426 e. The van der Waals surface area contributed by atoms with Gasteiger partial charge in [-0.1, -0.05) is 42.3 Å². The predicted octanol–water partition coefficient (Wildman–Crippen LogP) is 6.34. The monoisotopic (exact) mass is 785 g/mol. The average Bonchev–Trinajstić information content (AvgIpc) is 3.75. The third-order valence-electron chi connectivity index (χ3n) is 8.66. The van der Waals surface area contributed by atoms with Gasteiger partial charge in [0.15, 0.2) is 23.2 Å². The highest BCUT2D eigenvalue weighted by Crippen LogP contribution is 2.51. The molecule has 5 atom stereocenters. The number of terminal acetylenes is 1. The summed E-state index contributed by atoms with van der Waals surface area (Å²) in [6, 6.07) is 19.9. The van der Waals surface area contributed by atoms with Crippen molar-refractivity contribution in [2.75, 3.05) is 38.8 Å². The summed E-state index contributed by atoms with van der Waals surface area (Å²) in [5, 5.41) is 19.8. The number of amidine groups is 1. The van der Waals surface area contributed by atoms with Crippen LogP contribution in [0.2, 0.25) is 0 Å². The van der Waals surface area contributed by atoms with Crippen LogP contribution in [0.4, 0.5) is 22.0 Å². The number of carbonyl (C=O) groups is 1. The molecule has 1 fully saturated rings. The zero-order valence-electron chi connectivity index (χ0n) is 32.6. The van der Waals surface area contributed by atoms with Gasteiger partial charge in [0.1, 0.15) is 30.8 Å². The molecule has 1 unspecified atom stereocenters. The van der Waals surface area contributed by atoms with Gasteiger partial charge < -0.3 is 33.3 Å². The largest absolute Gasteiger partial charge is 0.426 e. The number of carbonyl (C=O) groups excluding carboxylic acids is 1. The van der Waals surface area contributed by atoms with Crippen LogP contribution < -0.4 is 9.64 Å². The number of benzene rings is 2. The molecule has 0 aliphatic carbocycles. The summed E-state index contributed by atoms with van der Waals surface area (Å²) in [6.45, 7) is 9.51. The Labute approximate surface area is 328 Å². The third kappa shape index (κ3) is 9.85. The molecule has 2 aromatic carbocycles. The van der Waals surface area contributed by atoms with Gasteiger partial charge in [-0.3, -0.25) is 4.57 Å². The first kappa shape index (κ1) is 42.1. The molecule has 0 bridgehead atoms. The minimum atomic E-state index is -1.81. The fourth-order valence-electron chi connectivity index (χ4n) is 6.02. The fraction of sp³-hybridized carbons (Fsp3) is 0.436. The number of aliphatic hydroxyl groups is 1. The molecule has 4 aromatic rings. The Balaban J connectivity index is 1.63. The third-order valence-corrected chi connectivity index (χ3v) is 10.8. The van der Waals surface area contributed by atoms with Crippen molar-refractivity contribution < 1.29 is 33.2 Å². The highest BCUT2D eigenvalue weighted by molar-refractivity contribution is 7.44. The number of aliphatic hydroxyl groups excluding tert-OH is 1. The van der Waals surface area contributed by atoms with E-state index < -0.39 is 45.8 Å². The molecule has 0 radical (unpaired) electrons. The van der Waals surface area contributed by atoms with Crippen LogP contribution in [0.3, 0.4) is 0 Å². The van der Waals surface area contributed by atoms with Crippen molar-refractivity contribution in [3.05, 3.63) is 67.0 Å². The Morgan fingerprint density at radius 2 is 1.70 bits per heavy atom. The van der Waals surface area contributed by atoms with E-state index >= 15 is 0 Å². The van der Waals surface area contributed by atoms with Crippen molar-refractivity contribution in [3.8, 4) is 24.4 Å². The number of aromatic nitrogens is 4. The number of anilines is 2. The molecule has 0 spiro atoms. The molecular weight excluding hydrogens is 737 g/mol. The Morgan fingerprint density at radius 1 is 1.05 bits per heavy atom. The summed E-state index contributed by atoms with van der Waals surface area (Å²) in [6.07, 6.45) is 2.80. The van der Waals surface area contributed by atoms with E-state index in [0.717, 1.165) is 0 Å². The van der Waals surface area contributed by atoms with E-state index in [9.17, 15) is 15.2 Å². The maximum absolute atomic E-state index is 14.1. The van der Waals surface area contributed by atoms with Crippen LogP contribution in [0.1, 0.15) is 47.3 Å². The number of aliphatic imine (C=N–C) groups is 1. The van der Waals surface area contributed by atoms with Crippen molar-refractivity contribution in [2.24, 2.45) is 4.99 Å². The second-order valence-corrected chi connectivity index (χ2v) is 14.8. The van der Waals surface area contributed by atoms with Gasteiger partial charge in [-0.15, -0.1) is 6.42 Å². The molecule has 1 aliphatic heterocycles. The molecule has 17 heteroatoms. The number of nitriles is 1. The van der Waals surface area contributed by atoms with Crippen molar-refractivity contribution >= 4 is 48.8 Å². The highest BCUT2D eigenvalue weighted by atomic mass is 31.2. The molecule has 296 valence electrons. The molecule has 0 saturated carbocycles. The summed E-state index contributed by atoms with van der Waals surface area (Å²) in [5.41, 5.74) is 1.61. The summed E-state index contributed by atoms with van der Waals surface area (Å²) < 4.78 is 35.3. The molecule has 1 saturated heterocycles. The van der Waals surface area contributed by atoms with Crippen LogP contribution in [0.5, 0.6) is 6.01 Å². The molecule has 2 aromatic heterocycles. The normalized spacial score (nSPS) is 19.0. The Morgan fingerprint density at radius 3 is 2.25 bits per heavy atom. The van der Waals surface area contributed by atoms with Crippen LogP contribution in [0, 0.1) is 23.7 Å². The number of hydrogen-bond acceptors (Lipinski definition) is 13. The number of imidazole rings is 1. The van der Waals surface area contributed by atoms with Crippen molar-refractivity contribution in [1.82, 2.24) is 29.1 Å². The van der Waals surface area contributed by atoms with Gasteiger partial charge in [0.2, 0.25) is 0 Å². The van der Waals surface area contributed by atoms with Gasteiger partial charge in [0.05, 0.1) is 43.4 Å². The molecule has 3 heterocycles. The lowest BCUT2D eigenvalue weighted by atomic mass is 10.1. The molecule has 1 amide bonds. The second-order valence-electron chi connectivity index (χ2n) is 13.4. The van der Waals surface area contributed by atoms with Crippen LogP contribution in [0.15, 0.2) is 72.0 Å². The predicted molar refractivity (Wildman–Crippen MR) is 212 cm³/mol. The van der Waals surface area contributed by atoms with Gasteiger partial charge in [0, 0.05) is 26.2 Å². The average molecular weight is 786 g/mol. The second kappa shape index (κ2) is 19.7. The minimum absolute atomic E-state index is 0.00608. The number of para-hydroxylation sites is 2. The number of fused-ring (bicyclic) bond motifs is 1. The fourth-order valence-corrected chi connectivity index (χ4v) is 7.76. The first-order valence-electron chi connectivity index (χ1n) is 18.1. The Hall–Kier alpha value is -5.03. The lowest BCUT2D eigenvalue weighted by molar-refractivity contribution is -0.0559. The minimum Gasteiger partial charge on any atom is -0.394 e. The molecule has 1 N–H and O–H groups in total. The van der Waals surface area contributed by atoms with Gasteiger partial charge in [-0.2, -0.15) is 15.2 Å². The van der Waals surface area contributed by atoms with Crippen LogP contribution in [0.25, 0.3) is 11.2 Å². The topological polar surface area (TPSA) is 173 Å². The first-order valence-corrected chi connectivity index (χ1v) is 19.3. The SMILES string of the molecule is C#CCO[C@H]1[C@@H](OP(OCCC#N)N(C(C)C)C(C)C)[C@H](n2cnc3c(/N=C(\C)N(C)C)nc(OC(=O)N(c4ccccc4)c4ccccc4)nc32)O[C@@H]1CO. The Bertz CT molecular complexity index is 1970. The molecule has 16 nitrogen and oxygen atoms in total. The van der Waals surface area contributed by atoms with E-state index in [4.69, 9.17) is 39.7 Å². The summed E-state index contributed by atoms with van der Waals surface area (Å²) >= 11 is 0. The smallest absolute Gasteiger partial charge is 0.394 e. The quantitative estimate of drug-likeness (QED) is 0.0439. The number of hydrogen-bond donors (Lipinski definition) is 1. The van der Waals surface area contributed by atoms with Gasteiger partial charge in [0.25, 0.3) is 8.53 Å². The van der Waals surface area contributed by atoms with Crippen LogP contribution in [-0.4, -0.2) is 110 Å². The highest BCUT2D eigenvalue weighted by Gasteiger charge is 2.50. The van der Waals surface area contributed by atoms with E-state index in [2.05, 4.69) is 26.6 Å². The number of ether oxygens (including phenoxy) is 3. The van der Waals surface area contributed by atoms with Crippen LogP contribution >= 0.6 is 8.53 Å². The summed E-state index contributed by atoms with van der Waals surface area (Å²) in [4.78, 5) is 35.9. The van der Waals surface area contributed by atoms with Crippen molar-refractivity contribution in [3.63, 3.8) is 0 Å². The summed E-state index contributed by atoms with van der Waals surface area (Å²) in [7, 11) is 1.86. The maximum atomic E-state index is 14.1. The standard InChI is InChI=1S/C39H48N9O7P/c1-9-22-51-33-31(24-49)53-37(34(33)55-56(52-23-16-21-40)48(26(2)3)27(4)5)46-25-41-32-35(42-28(6)45(7)8)43-38(44-36(32)46)54-39(50)47(29-17-12-10-13-18-29)30-19-14-11-15-20-30/h1,10-15,17-20,25-27,31,33-34,37,49H,16,22-24H2,2-8H3/b42-28+/t31-,33-,34-,37-,56?/m1/s1. The van der Waals surface area contributed by atoms with Gasteiger partial charge in [-0.05, 0) is 58.9 Å². The number of rotatable bonds is 16. The molecular formula is C39H48N9O7P. The van der Waals surface area contributed by atoms with E-state index in [1.807, 2.05) is 78.2 Å². The van der Waals surface area contributed by atoms with Crippen molar-refractivity contribution in [2.45, 2.75) is 77.7 Å². The summed E-state index contributed by atoms with van der Waals surface area (Å²) in [5.74, 6) is 3.22. The van der Waals surface area contributed by atoms with E-state index in [1.54, 1.807) is 40.7 Å². The molecule has 5 rings (SSSR count). The lowest BCUT2D eigenvalue weighted by Gasteiger charge is -2.38. The Kier molecular flexibility index (Phi) is 14.8. The van der Waals surface area contributed by atoms with E-state index in [-0.39, 0.29) is 54.7 Å². The van der Waals surface area contributed by atoms with Crippen molar-refractivity contribution in [1.29, 1.82) is 5.26 Å². The molecule has 1 aliphatic rings. The lowest BCUT2D eigenvalue weighted by Crippen LogP contribution is -2.40. The van der Waals surface area contributed by atoms with E-state index in [0.29, 0.717) is 17.2 Å². The van der Waals surface area contributed by atoms with Gasteiger partial charge in [-0.25, -0.2) is 24.3 Å². The number of amides is 1. The zero-order chi connectivity index (χ0) is 40.4. The van der Waals surface area contributed by atoms with Gasteiger partial charge >= 0.3 is 12.1 Å². The first-order chi connectivity index (χ1) is 27.0.